The number of carbonyl (C=O) groups is 2. The van der Waals surface area contributed by atoms with Crippen LogP contribution in [0, 0.1) is 5.92 Å². The minimum Gasteiger partial charge on any atom is -0.337 e. The minimum atomic E-state index is -0.376. The van der Waals surface area contributed by atoms with Gasteiger partial charge in [-0.2, -0.15) is 0 Å². The number of likely N-dealkylation sites (tertiary alicyclic amines) is 1. The summed E-state index contributed by atoms with van der Waals surface area (Å²) in [6.45, 7) is 7.99. The number of nitrogens with zero attached hydrogens (tertiary/aromatic N) is 3. The molecule has 3 amide bonds. The number of carbonyl (C=O) groups excluding carboxylic acids is 2. The van der Waals surface area contributed by atoms with Crippen molar-refractivity contribution in [1.82, 2.24) is 14.9 Å². The lowest BCUT2D eigenvalue weighted by molar-refractivity contribution is -0.162. The fourth-order valence-electron chi connectivity index (χ4n) is 3.45. The summed E-state index contributed by atoms with van der Waals surface area (Å²) in [5.41, 5.74) is 1.01. The van der Waals surface area contributed by atoms with Crippen LogP contribution in [0.25, 0.3) is 0 Å². The molecule has 2 fully saturated rings. The van der Waals surface area contributed by atoms with E-state index < -0.39 is 0 Å². The lowest BCUT2D eigenvalue weighted by atomic mass is 9.99. The van der Waals surface area contributed by atoms with Crippen LogP contribution in [0.5, 0.6) is 0 Å². The van der Waals surface area contributed by atoms with Crippen molar-refractivity contribution in [3.63, 3.8) is 0 Å². The van der Waals surface area contributed by atoms with Crippen molar-refractivity contribution in [2.24, 2.45) is 5.92 Å². The Morgan fingerprint density at radius 2 is 2.00 bits per heavy atom. The van der Waals surface area contributed by atoms with E-state index in [1.165, 1.54) is 5.06 Å². The van der Waals surface area contributed by atoms with Gasteiger partial charge in [-0.3, -0.25) is 9.63 Å². The van der Waals surface area contributed by atoms with Gasteiger partial charge in [0.2, 0.25) is 5.91 Å². The first-order valence-electron chi connectivity index (χ1n) is 8.30. The summed E-state index contributed by atoms with van der Waals surface area (Å²) in [4.78, 5) is 34.3. The van der Waals surface area contributed by atoms with E-state index in [2.05, 4.69) is 6.58 Å². The van der Waals surface area contributed by atoms with E-state index in [-0.39, 0.29) is 23.9 Å². The molecule has 128 valence electrons. The number of amides is 3. The highest BCUT2D eigenvalue weighted by atomic mass is 16.7. The maximum atomic E-state index is 12.7. The van der Waals surface area contributed by atoms with Crippen LogP contribution < -0.4 is 0 Å². The Labute approximate surface area is 142 Å². The zero-order valence-electron chi connectivity index (χ0n) is 13.9. The number of fused-ring (bicyclic) bond motifs is 1. The first-order chi connectivity index (χ1) is 11.7. The fourth-order valence-corrected chi connectivity index (χ4v) is 3.45. The number of likely N-dealkylation sites (N-methyl/N-ethyl adjacent to an activating group) is 1. The van der Waals surface area contributed by atoms with Crippen molar-refractivity contribution in [3.8, 4) is 0 Å². The monoisotopic (exact) mass is 329 g/mol. The van der Waals surface area contributed by atoms with Gasteiger partial charge in [0.1, 0.15) is 12.6 Å². The molecule has 0 aromatic heterocycles. The lowest BCUT2D eigenvalue weighted by Gasteiger charge is -2.40. The normalized spacial score (nSPS) is 23.6. The van der Waals surface area contributed by atoms with E-state index in [0.717, 1.165) is 5.56 Å². The van der Waals surface area contributed by atoms with Gasteiger partial charge >= 0.3 is 6.03 Å². The predicted molar refractivity (Wildman–Crippen MR) is 89.8 cm³/mol. The van der Waals surface area contributed by atoms with Gasteiger partial charge in [0.25, 0.3) is 0 Å². The van der Waals surface area contributed by atoms with E-state index in [9.17, 15) is 9.59 Å². The second kappa shape index (κ2) is 7.05. The van der Waals surface area contributed by atoms with E-state index in [4.69, 9.17) is 4.84 Å². The average Bonchev–Trinajstić information content (AvgIpc) is 2.90. The number of benzene rings is 1. The summed E-state index contributed by atoms with van der Waals surface area (Å²) >= 11 is 0. The van der Waals surface area contributed by atoms with Crippen molar-refractivity contribution in [2.75, 3.05) is 26.2 Å². The topological polar surface area (TPSA) is 53.1 Å². The summed E-state index contributed by atoms with van der Waals surface area (Å²) < 4.78 is 0. The number of hydroxylamine groups is 2. The molecule has 0 saturated carbocycles. The van der Waals surface area contributed by atoms with Gasteiger partial charge in [-0.1, -0.05) is 36.4 Å². The molecule has 0 bridgehead atoms. The van der Waals surface area contributed by atoms with Crippen molar-refractivity contribution in [3.05, 3.63) is 48.6 Å². The van der Waals surface area contributed by atoms with Crippen LogP contribution >= 0.6 is 0 Å². The predicted octanol–water partition coefficient (Wildman–Crippen LogP) is 1.89. The van der Waals surface area contributed by atoms with Crippen LogP contribution in [-0.2, 0) is 16.2 Å². The smallest absolute Gasteiger partial charge is 0.337 e. The van der Waals surface area contributed by atoms with Gasteiger partial charge in [-0.25, -0.2) is 9.86 Å². The van der Waals surface area contributed by atoms with Crippen molar-refractivity contribution >= 4 is 11.9 Å². The molecule has 2 atom stereocenters. The molecule has 0 spiro atoms. The molecule has 6 heteroatoms. The highest BCUT2D eigenvalue weighted by Crippen LogP contribution is 2.30. The Morgan fingerprint density at radius 3 is 2.67 bits per heavy atom. The lowest BCUT2D eigenvalue weighted by Crippen LogP contribution is -2.59. The van der Waals surface area contributed by atoms with Crippen LogP contribution in [0.2, 0.25) is 0 Å². The molecule has 2 aliphatic heterocycles. The maximum Gasteiger partial charge on any atom is 0.344 e. The van der Waals surface area contributed by atoms with Gasteiger partial charge in [-0.05, 0) is 12.5 Å². The largest absolute Gasteiger partial charge is 0.344 e. The molecular weight excluding hydrogens is 306 g/mol. The fraction of sp³-hybridized carbons (Fsp3) is 0.444. The second-order valence-corrected chi connectivity index (χ2v) is 6.13. The highest BCUT2D eigenvalue weighted by Gasteiger charge is 2.50. The molecule has 1 aromatic carbocycles. The molecule has 0 N–H and O–H groups in total. The summed E-state index contributed by atoms with van der Waals surface area (Å²) in [6.07, 6.45) is 1.72. The molecule has 24 heavy (non-hydrogen) atoms. The molecule has 2 aliphatic rings. The molecule has 6 nitrogen and oxygen atoms in total. The first kappa shape index (κ1) is 16.5. The third-order valence-electron chi connectivity index (χ3n) is 4.58. The zero-order valence-corrected chi connectivity index (χ0v) is 13.9. The van der Waals surface area contributed by atoms with Crippen LogP contribution in [0.4, 0.5) is 4.79 Å². The molecule has 2 heterocycles. The number of rotatable bonds is 6. The Kier molecular flexibility index (Phi) is 4.85. The average molecular weight is 329 g/mol. The van der Waals surface area contributed by atoms with Gasteiger partial charge in [-0.15, -0.1) is 6.58 Å². The van der Waals surface area contributed by atoms with Gasteiger partial charge in [0.15, 0.2) is 0 Å². The molecule has 1 aromatic rings. The Bertz CT molecular complexity index is 619. The first-order valence-corrected chi connectivity index (χ1v) is 8.30. The summed E-state index contributed by atoms with van der Waals surface area (Å²) in [5, 5.41) is 1.41. The Balaban J connectivity index is 1.71. The molecule has 2 saturated heterocycles. The molecular formula is C18H23N3O3. The summed E-state index contributed by atoms with van der Waals surface area (Å²) in [7, 11) is 0. The SMILES string of the molecule is C=CCN1C[C@@H]2CN(OCc3ccccc3)C(=O)N(CC)[C@@H]2C1=O. The second-order valence-electron chi connectivity index (χ2n) is 6.13. The van der Waals surface area contributed by atoms with Crippen LogP contribution in [0.3, 0.4) is 0 Å². The van der Waals surface area contributed by atoms with Gasteiger partial charge in [0, 0.05) is 25.6 Å². The third-order valence-corrected chi connectivity index (χ3v) is 4.58. The van der Waals surface area contributed by atoms with E-state index in [1.54, 1.807) is 15.9 Å². The van der Waals surface area contributed by atoms with Gasteiger partial charge < -0.3 is 9.80 Å². The standard InChI is InChI=1S/C18H23N3O3/c1-3-10-19-11-15-12-21(24-13-14-8-6-5-7-9-14)18(23)20(4-2)16(15)17(19)22/h3,5-9,15-16H,1,4,10-13H2,2H3/t15-,16+/m1/s1. The van der Waals surface area contributed by atoms with E-state index >= 15 is 0 Å². The maximum absolute atomic E-state index is 12.7. The molecule has 0 unspecified atom stereocenters. The van der Waals surface area contributed by atoms with E-state index in [1.807, 2.05) is 37.3 Å². The molecule has 0 aliphatic carbocycles. The summed E-state index contributed by atoms with van der Waals surface area (Å²) in [6, 6.07) is 9.13. The molecule has 3 rings (SSSR count). The summed E-state index contributed by atoms with van der Waals surface area (Å²) in [5.74, 6) is 0.0729. The van der Waals surface area contributed by atoms with Crippen molar-refractivity contribution in [2.45, 2.75) is 19.6 Å². The quantitative estimate of drug-likeness (QED) is 0.749. The van der Waals surface area contributed by atoms with E-state index in [0.29, 0.717) is 32.8 Å². The highest BCUT2D eigenvalue weighted by molar-refractivity contribution is 5.90. The van der Waals surface area contributed by atoms with Crippen LogP contribution in [-0.4, -0.2) is 59.0 Å². The molecule has 0 radical (unpaired) electrons. The minimum absolute atomic E-state index is 0.0119. The Morgan fingerprint density at radius 1 is 1.25 bits per heavy atom. The van der Waals surface area contributed by atoms with Crippen LogP contribution in [0.1, 0.15) is 12.5 Å². The zero-order chi connectivity index (χ0) is 17.1. The third kappa shape index (κ3) is 3.01. The Hall–Kier alpha value is -2.34. The number of urea groups is 1. The van der Waals surface area contributed by atoms with Crippen molar-refractivity contribution < 1.29 is 14.4 Å². The number of hydrogen-bond acceptors (Lipinski definition) is 3. The van der Waals surface area contributed by atoms with Crippen molar-refractivity contribution in [1.29, 1.82) is 0 Å². The van der Waals surface area contributed by atoms with Crippen LogP contribution in [0.15, 0.2) is 43.0 Å². The number of hydrogen-bond donors (Lipinski definition) is 0. The van der Waals surface area contributed by atoms with Gasteiger partial charge in [0.05, 0.1) is 6.54 Å².